The topological polar surface area (TPSA) is 21.3 Å². The van der Waals surface area contributed by atoms with Gasteiger partial charge in [0.1, 0.15) is 0 Å². The van der Waals surface area contributed by atoms with Gasteiger partial charge in [-0.25, -0.2) is 0 Å². The van der Waals surface area contributed by atoms with Crippen molar-refractivity contribution in [3.8, 4) is 0 Å². The van der Waals surface area contributed by atoms with Gasteiger partial charge in [-0.1, -0.05) is 0 Å². The predicted octanol–water partition coefficient (Wildman–Crippen LogP) is 3.70. The number of ether oxygens (including phenoxy) is 1. The molecule has 19 heavy (non-hydrogen) atoms. The number of aryl methyl sites for hydroxylation is 2. The molecule has 0 amide bonds. The summed E-state index contributed by atoms with van der Waals surface area (Å²) in [4.78, 5) is 3.17. The highest BCUT2D eigenvalue weighted by molar-refractivity contribution is 7.12. The van der Waals surface area contributed by atoms with Crippen molar-refractivity contribution in [2.24, 2.45) is 5.92 Å². The second-order valence-electron chi connectivity index (χ2n) is 6.10. The monoisotopic (exact) mass is 279 g/mol. The number of hydrogen-bond donors (Lipinski definition) is 1. The molecule has 0 spiro atoms. The summed E-state index contributed by atoms with van der Waals surface area (Å²) in [5.41, 5.74) is 1.62. The number of rotatable bonds is 4. The Morgan fingerprint density at radius 1 is 1.32 bits per heavy atom. The Morgan fingerprint density at radius 2 is 2.16 bits per heavy atom. The lowest BCUT2D eigenvalue weighted by atomic mass is 9.98. The first-order valence-electron chi connectivity index (χ1n) is 7.69. The van der Waals surface area contributed by atoms with Crippen LogP contribution in [0.5, 0.6) is 0 Å². The molecule has 0 bridgehead atoms. The van der Waals surface area contributed by atoms with Crippen molar-refractivity contribution >= 4 is 11.3 Å². The number of thiophene rings is 1. The van der Waals surface area contributed by atoms with Crippen molar-refractivity contribution < 1.29 is 4.74 Å². The van der Waals surface area contributed by atoms with Crippen LogP contribution >= 0.6 is 11.3 Å². The molecule has 3 rings (SSSR count). The average molecular weight is 279 g/mol. The lowest BCUT2D eigenvalue weighted by Gasteiger charge is -2.23. The molecule has 3 atom stereocenters. The number of fused-ring (bicyclic) bond motifs is 1. The molecule has 1 saturated heterocycles. The number of nitrogens with one attached hydrogen (secondary N) is 1. The standard InChI is InChI=1S/C16H25NOS/c1-11(14-7-8-18-10-14)17-12(2)16-9-13-5-3-4-6-15(13)19-16/h9,11-12,14,17H,3-8,10H2,1-2H3. The molecule has 0 radical (unpaired) electrons. The second-order valence-corrected chi connectivity index (χ2v) is 7.27. The molecular formula is C16H25NOS. The zero-order chi connectivity index (χ0) is 13.2. The highest BCUT2D eigenvalue weighted by atomic mass is 32.1. The molecule has 1 aliphatic heterocycles. The fourth-order valence-electron chi connectivity index (χ4n) is 3.29. The van der Waals surface area contributed by atoms with Crippen molar-refractivity contribution in [1.29, 1.82) is 0 Å². The molecule has 1 aromatic heterocycles. The largest absolute Gasteiger partial charge is 0.381 e. The normalized spacial score (nSPS) is 26.1. The summed E-state index contributed by atoms with van der Waals surface area (Å²) in [5, 5.41) is 3.78. The molecule has 1 fully saturated rings. The maximum Gasteiger partial charge on any atom is 0.0509 e. The Hall–Kier alpha value is -0.380. The van der Waals surface area contributed by atoms with E-state index in [1.165, 1.54) is 37.0 Å². The Morgan fingerprint density at radius 3 is 2.89 bits per heavy atom. The van der Waals surface area contributed by atoms with Crippen LogP contribution in [0.25, 0.3) is 0 Å². The van der Waals surface area contributed by atoms with Gasteiger partial charge in [0, 0.05) is 28.4 Å². The maximum atomic E-state index is 5.49. The van der Waals surface area contributed by atoms with Gasteiger partial charge in [-0.05, 0) is 63.5 Å². The van der Waals surface area contributed by atoms with E-state index in [1.807, 2.05) is 11.3 Å². The van der Waals surface area contributed by atoms with Crippen molar-refractivity contribution in [2.75, 3.05) is 13.2 Å². The molecular weight excluding hydrogens is 254 g/mol. The van der Waals surface area contributed by atoms with E-state index in [0.29, 0.717) is 18.0 Å². The van der Waals surface area contributed by atoms with Gasteiger partial charge < -0.3 is 10.1 Å². The quantitative estimate of drug-likeness (QED) is 0.907. The molecule has 1 N–H and O–H groups in total. The molecule has 2 aliphatic rings. The molecule has 1 aromatic rings. The van der Waals surface area contributed by atoms with E-state index < -0.39 is 0 Å². The van der Waals surface area contributed by atoms with Gasteiger partial charge in [-0.15, -0.1) is 11.3 Å². The van der Waals surface area contributed by atoms with E-state index in [-0.39, 0.29) is 0 Å². The van der Waals surface area contributed by atoms with Crippen LogP contribution in [0.2, 0.25) is 0 Å². The Kier molecular flexibility index (Phi) is 4.25. The van der Waals surface area contributed by atoms with Gasteiger partial charge in [0.15, 0.2) is 0 Å². The zero-order valence-corrected chi connectivity index (χ0v) is 12.9. The van der Waals surface area contributed by atoms with E-state index >= 15 is 0 Å². The van der Waals surface area contributed by atoms with Gasteiger partial charge in [-0.2, -0.15) is 0 Å². The Labute approximate surface area is 120 Å². The lowest BCUT2D eigenvalue weighted by molar-refractivity contribution is 0.177. The van der Waals surface area contributed by atoms with Gasteiger partial charge in [-0.3, -0.25) is 0 Å². The van der Waals surface area contributed by atoms with Crippen molar-refractivity contribution in [2.45, 2.75) is 58.0 Å². The van der Waals surface area contributed by atoms with Gasteiger partial charge >= 0.3 is 0 Å². The van der Waals surface area contributed by atoms with Crippen LogP contribution in [0.4, 0.5) is 0 Å². The van der Waals surface area contributed by atoms with Crippen LogP contribution in [0, 0.1) is 5.92 Å². The van der Waals surface area contributed by atoms with Crippen LogP contribution < -0.4 is 5.32 Å². The SMILES string of the molecule is CC(NC(C)C1CCOC1)c1cc2c(s1)CCCC2. The molecule has 3 heteroatoms. The summed E-state index contributed by atoms with van der Waals surface area (Å²) in [7, 11) is 0. The first kappa shape index (κ1) is 13.6. The van der Waals surface area contributed by atoms with E-state index in [1.54, 1.807) is 10.4 Å². The molecule has 2 nitrogen and oxygen atoms in total. The molecule has 0 aromatic carbocycles. The van der Waals surface area contributed by atoms with Gasteiger partial charge in [0.2, 0.25) is 0 Å². The minimum Gasteiger partial charge on any atom is -0.381 e. The van der Waals surface area contributed by atoms with Crippen LogP contribution in [0.15, 0.2) is 6.07 Å². The van der Waals surface area contributed by atoms with Crippen LogP contribution in [-0.4, -0.2) is 19.3 Å². The highest BCUT2D eigenvalue weighted by Crippen LogP contribution is 2.33. The fourth-order valence-corrected chi connectivity index (χ4v) is 4.56. The Bertz CT molecular complexity index is 399. The molecule has 1 aliphatic carbocycles. The smallest absolute Gasteiger partial charge is 0.0509 e. The minimum absolute atomic E-state index is 0.478. The fraction of sp³-hybridized carbons (Fsp3) is 0.750. The first-order valence-corrected chi connectivity index (χ1v) is 8.51. The van der Waals surface area contributed by atoms with Crippen molar-refractivity contribution in [1.82, 2.24) is 5.32 Å². The van der Waals surface area contributed by atoms with Crippen LogP contribution in [0.3, 0.4) is 0 Å². The maximum absolute atomic E-state index is 5.49. The van der Waals surface area contributed by atoms with Crippen molar-refractivity contribution in [3.05, 3.63) is 21.4 Å². The molecule has 3 unspecified atom stereocenters. The van der Waals surface area contributed by atoms with Crippen LogP contribution in [-0.2, 0) is 17.6 Å². The first-order chi connectivity index (χ1) is 9.24. The molecule has 0 saturated carbocycles. The molecule has 106 valence electrons. The second kappa shape index (κ2) is 5.94. The third kappa shape index (κ3) is 3.04. The third-order valence-electron chi connectivity index (χ3n) is 4.63. The van der Waals surface area contributed by atoms with Gasteiger partial charge in [0.25, 0.3) is 0 Å². The average Bonchev–Trinajstić information content (AvgIpc) is 3.07. The number of hydrogen-bond acceptors (Lipinski definition) is 3. The Balaban J connectivity index is 1.62. The zero-order valence-electron chi connectivity index (χ0n) is 12.1. The van der Waals surface area contributed by atoms with Crippen LogP contribution in [0.1, 0.15) is 54.5 Å². The summed E-state index contributed by atoms with van der Waals surface area (Å²) in [6, 6.07) is 3.48. The summed E-state index contributed by atoms with van der Waals surface area (Å²) >= 11 is 2.03. The summed E-state index contributed by atoms with van der Waals surface area (Å²) in [6.07, 6.45) is 6.57. The third-order valence-corrected chi connectivity index (χ3v) is 6.05. The van der Waals surface area contributed by atoms with E-state index in [4.69, 9.17) is 4.74 Å². The van der Waals surface area contributed by atoms with E-state index in [2.05, 4.69) is 25.2 Å². The minimum atomic E-state index is 0.478. The predicted molar refractivity (Wildman–Crippen MR) is 80.9 cm³/mol. The summed E-state index contributed by atoms with van der Waals surface area (Å²) in [6.45, 7) is 6.49. The van der Waals surface area contributed by atoms with E-state index in [9.17, 15) is 0 Å². The van der Waals surface area contributed by atoms with Crippen molar-refractivity contribution in [3.63, 3.8) is 0 Å². The van der Waals surface area contributed by atoms with Gasteiger partial charge in [0.05, 0.1) is 6.61 Å². The molecule has 2 heterocycles. The highest BCUT2D eigenvalue weighted by Gasteiger charge is 2.24. The van der Waals surface area contributed by atoms with E-state index in [0.717, 1.165) is 13.2 Å². The summed E-state index contributed by atoms with van der Waals surface area (Å²) in [5.74, 6) is 0.692. The summed E-state index contributed by atoms with van der Waals surface area (Å²) < 4.78 is 5.49. The lowest BCUT2D eigenvalue weighted by Crippen LogP contribution is -2.35.